The zero-order valence-electron chi connectivity index (χ0n) is 15.2. The Balaban J connectivity index is 1.87. The Morgan fingerprint density at radius 1 is 1.04 bits per heavy atom. The molecule has 0 atom stereocenters. The van der Waals surface area contributed by atoms with E-state index in [2.05, 4.69) is 0 Å². The van der Waals surface area contributed by atoms with Crippen LogP contribution in [0, 0.1) is 17.0 Å². The lowest BCUT2D eigenvalue weighted by molar-refractivity contribution is -0.385. The summed E-state index contributed by atoms with van der Waals surface area (Å²) >= 11 is 0. The summed E-state index contributed by atoms with van der Waals surface area (Å²) in [5.41, 5.74) is 1.83. The molecular weight excluding hydrogens is 334 g/mol. The molecule has 0 saturated heterocycles. The van der Waals surface area contributed by atoms with E-state index < -0.39 is 4.92 Å². The molecule has 2 aromatic carbocycles. The second-order valence-electron chi connectivity index (χ2n) is 5.69. The van der Waals surface area contributed by atoms with Crippen molar-refractivity contribution in [1.29, 1.82) is 0 Å². The van der Waals surface area contributed by atoms with Gasteiger partial charge in [0.15, 0.2) is 17.2 Å². The first kappa shape index (κ1) is 19.3. The maximum atomic E-state index is 11.1. The molecule has 0 saturated carbocycles. The first-order chi connectivity index (χ1) is 12.5. The number of aryl methyl sites for hydroxylation is 1. The van der Waals surface area contributed by atoms with Crippen molar-refractivity contribution in [3.05, 3.63) is 63.7 Å². The summed E-state index contributed by atoms with van der Waals surface area (Å²) in [6, 6.07) is 10.6. The second-order valence-corrected chi connectivity index (χ2v) is 5.69. The maximum Gasteiger partial charge on any atom is 0.311 e. The van der Waals surface area contributed by atoms with Crippen LogP contribution >= 0.6 is 0 Å². The molecule has 0 bridgehead atoms. The summed E-state index contributed by atoms with van der Waals surface area (Å²) < 4.78 is 16.6. The largest absolute Gasteiger partial charge is 0.493 e. The van der Waals surface area contributed by atoms with Crippen LogP contribution in [0.3, 0.4) is 0 Å². The molecule has 138 valence electrons. The summed E-state index contributed by atoms with van der Waals surface area (Å²) in [6.07, 6.45) is 4.52. The summed E-state index contributed by atoms with van der Waals surface area (Å²) in [4.78, 5) is 10.6. The van der Waals surface area contributed by atoms with Crippen molar-refractivity contribution in [1.82, 2.24) is 0 Å². The highest BCUT2D eigenvalue weighted by molar-refractivity contribution is 5.55. The number of methoxy groups -OCH3 is 1. The van der Waals surface area contributed by atoms with E-state index in [1.165, 1.54) is 6.07 Å². The molecule has 0 unspecified atom stereocenters. The Labute approximate surface area is 153 Å². The lowest BCUT2D eigenvalue weighted by Crippen LogP contribution is -2.07. The highest BCUT2D eigenvalue weighted by Gasteiger charge is 2.14. The third-order valence-corrected chi connectivity index (χ3v) is 3.66. The van der Waals surface area contributed by atoms with Gasteiger partial charge in [-0.1, -0.05) is 24.3 Å². The minimum Gasteiger partial charge on any atom is -0.493 e. The van der Waals surface area contributed by atoms with Crippen LogP contribution in [-0.2, 0) is 0 Å². The van der Waals surface area contributed by atoms with Crippen LogP contribution in [0.4, 0.5) is 5.69 Å². The molecule has 0 aliphatic heterocycles. The standard InChI is InChI=1S/C20H23NO5/c1-4-6-16-8-10-19(20(14-16)24-3)26-12-5-11-25-18-9-7-15(2)13-17(18)21(22)23/h4,6-10,13-14H,5,11-12H2,1-3H3. The highest BCUT2D eigenvalue weighted by atomic mass is 16.6. The lowest BCUT2D eigenvalue weighted by Gasteiger charge is -2.12. The minimum absolute atomic E-state index is 0.0212. The number of hydrogen-bond acceptors (Lipinski definition) is 5. The lowest BCUT2D eigenvalue weighted by atomic mass is 10.2. The average Bonchev–Trinajstić information content (AvgIpc) is 2.63. The molecule has 2 aromatic rings. The van der Waals surface area contributed by atoms with Crippen molar-refractivity contribution in [2.75, 3.05) is 20.3 Å². The highest BCUT2D eigenvalue weighted by Crippen LogP contribution is 2.29. The SMILES string of the molecule is CC=Cc1ccc(OCCCOc2ccc(C)cc2[N+](=O)[O-])c(OC)c1. The molecule has 0 aromatic heterocycles. The Kier molecular flexibility index (Phi) is 7.02. The molecule has 0 aliphatic rings. The van der Waals surface area contributed by atoms with Gasteiger partial charge in [-0.15, -0.1) is 0 Å². The number of nitrogens with zero attached hydrogens (tertiary/aromatic N) is 1. The number of nitro groups is 1. The number of hydrogen-bond donors (Lipinski definition) is 0. The van der Waals surface area contributed by atoms with Crippen LogP contribution in [0.5, 0.6) is 17.2 Å². The Bertz CT molecular complexity index is 786. The van der Waals surface area contributed by atoms with Crippen LogP contribution in [0.2, 0.25) is 0 Å². The molecule has 0 spiro atoms. The van der Waals surface area contributed by atoms with E-state index in [4.69, 9.17) is 14.2 Å². The van der Waals surface area contributed by atoms with E-state index in [1.54, 1.807) is 26.2 Å². The Morgan fingerprint density at radius 3 is 2.38 bits per heavy atom. The van der Waals surface area contributed by atoms with Crippen LogP contribution in [0.1, 0.15) is 24.5 Å². The molecule has 0 amide bonds. The van der Waals surface area contributed by atoms with Gasteiger partial charge in [0.2, 0.25) is 0 Å². The van der Waals surface area contributed by atoms with Crippen molar-refractivity contribution in [2.24, 2.45) is 0 Å². The Morgan fingerprint density at radius 2 is 1.73 bits per heavy atom. The fraction of sp³-hybridized carbons (Fsp3) is 0.300. The van der Waals surface area contributed by atoms with Gasteiger partial charge in [-0.25, -0.2) is 0 Å². The van der Waals surface area contributed by atoms with Crippen LogP contribution in [0.25, 0.3) is 6.08 Å². The maximum absolute atomic E-state index is 11.1. The number of rotatable bonds is 9. The van der Waals surface area contributed by atoms with Gasteiger partial charge < -0.3 is 14.2 Å². The molecule has 0 fully saturated rings. The van der Waals surface area contributed by atoms with Crippen LogP contribution < -0.4 is 14.2 Å². The minimum atomic E-state index is -0.435. The molecule has 0 N–H and O–H groups in total. The molecule has 2 rings (SSSR count). The molecule has 0 heterocycles. The van der Waals surface area contributed by atoms with Gasteiger partial charge in [-0.2, -0.15) is 0 Å². The van der Waals surface area contributed by atoms with Crippen LogP contribution in [0.15, 0.2) is 42.5 Å². The second kappa shape index (κ2) is 9.46. The fourth-order valence-corrected chi connectivity index (χ4v) is 2.41. The number of allylic oxidation sites excluding steroid dienone is 1. The van der Waals surface area contributed by atoms with E-state index in [0.29, 0.717) is 31.1 Å². The topological polar surface area (TPSA) is 70.8 Å². The Hall–Kier alpha value is -3.02. The van der Waals surface area contributed by atoms with Gasteiger partial charge in [-0.05, 0) is 43.2 Å². The molecular formula is C20H23NO5. The predicted octanol–water partition coefficient (Wildman–Crippen LogP) is 4.79. The summed E-state index contributed by atoms with van der Waals surface area (Å²) in [6.45, 7) is 4.50. The smallest absolute Gasteiger partial charge is 0.311 e. The number of ether oxygens (including phenoxy) is 3. The monoisotopic (exact) mass is 357 g/mol. The van der Waals surface area contributed by atoms with Gasteiger partial charge in [0.1, 0.15) is 0 Å². The van der Waals surface area contributed by atoms with E-state index in [-0.39, 0.29) is 11.4 Å². The fourth-order valence-electron chi connectivity index (χ4n) is 2.41. The van der Waals surface area contributed by atoms with E-state index in [0.717, 1.165) is 11.1 Å². The summed E-state index contributed by atoms with van der Waals surface area (Å²) in [5, 5.41) is 11.1. The molecule has 6 nitrogen and oxygen atoms in total. The van der Waals surface area contributed by atoms with Gasteiger partial charge in [0.05, 0.1) is 25.2 Å². The zero-order valence-corrected chi connectivity index (χ0v) is 15.2. The third kappa shape index (κ3) is 5.24. The average molecular weight is 357 g/mol. The summed E-state index contributed by atoms with van der Waals surface area (Å²) in [5.74, 6) is 1.59. The quantitative estimate of drug-likeness (QED) is 0.366. The van der Waals surface area contributed by atoms with Crippen molar-refractivity contribution in [3.8, 4) is 17.2 Å². The van der Waals surface area contributed by atoms with Gasteiger partial charge in [0.25, 0.3) is 0 Å². The first-order valence-electron chi connectivity index (χ1n) is 8.36. The molecule has 0 radical (unpaired) electrons. The molecule has 0 aliphatic carbocycles. The van der Waals surface area contributed by atoms with Gasteiger partial charge in [0, 0.05) is 12.5 Å². The van der Waals surface area contributed by atoms with Crippen LogP contribution in [-0.4, -0.2) is 25.2 Å². The normalized spacial score (nSPS) is 10.7. The molecule has 6 heteroatoms. The third-order valence-electron chi connectivity index (χ3n) is 3.66. The number of benzene rings is 2. The van der Waals surface area contributed by atoms with Crippen molar-refractivity contribution in [2.45, 2.75) is 20.3 Å². The van der Waals surface area contributed by atoms with E-state index >= 15 is 0 Å². The van der Waals surface area contributed by atoms with Crippen molar-refractivity contribution in [3.63, 3.8) is 0 Å². The predicted molar refractivity (Wildman–Crippen MR) is 101 cm³/mol. The zero-order chi connectivity index (χ0) is 18.9. The van der Waals surface area contributed by atoms with Gasteiger partial charge in [-0.3, -0.25) is 10.1 Å². The van der Waals surface area contributed by atoms with E-state index in [1.807, 2.05) is 37.3 Å². The van der Waals surface area contributed by atoms with E-state index in [9.17, 15) is 10.1 Å². The number of nitro benzene ring substituents is 1. The molecule has 26 heavy (non-hydrogen) atoms. The first-order valence-corrected chi connectivity index (χ1v) is 8.36. The van der Waals surface area contributed by atoms with Crippen molar-refractivity contribution < 1.29 is 19.1 Å². The summed E-state index contributed by atoms with van der Waals surface area (Å²) in [7, 11) is 1.60. The van der Waals surface area contributed by atoms with Crippen molar-refractivity contribution >= 4 is 11.8 Å². The van der Waals surface area contributed by atoms with Gasteiger partial charge >= 0.3 is 5.69 Å².